The van der Waals surface area contributed by atoms with E-state index in [9.17, 15) is 14.4 Å². The molecule has 1 rings (SSSR count). The molecule has 1 atom stereocenters. The Kier molecular flexibility index (Phi) is 8.66. The van der Waals surface area contributed by atoms with Gasteiger partial charge in [-0.2, -0.15) is 0 Å². The second-order valence-electron chi connectivity index (χ2n) is 8.53. The molecule has 154 valence electrons. The highest BCUT2D eigenvalue weighted by Gasteiger charge is 2.28. The molecule has 0 aromatic heterocycles. The molecule has 0 saturated carbocycles. The minimum absolute atomic E-state index is 0.0979. The lowest BCUT2D eigenvalue weighted by atomic mass is 9.74. The van der Waals surface area contributed by atoms with E-state index in [0.717, 1.165) is 17.7 Å². The summed E-state index contributed by atoms with van der Waals surface area (Å²) in [7, 11) is 0. The summed E-state index contributed by atoms with van der Waals surface area (Å²) in [5.74, 6) is -0.155. The zero-order valence-corrected chi connectivity index (χ0v) is 17.8. The summed E-state index contributed by atoms with van der Waals surface area (Å²) in [6.45, 7) is 14.2. The van der Waals surface area contributed by atoms with Crippen LogP contribution in [-0.2, 0) is 19.1 Å². The Balaban J connectivity index is 2.27. The maximum Gasteiger partial charge on any atom is 0.253 e. The van der Waals surface area contributed by atoms with Crippen molar-refractivity contribution in [3.63, 3.8) is 0 Å². The molecule has 0 bridgehead atoms. The van der Waals surface area contributed by atoms with Crippen molar-refractivity contribution in [1.29, 1.82) is 0 Å². The Morgan fingerprint density at radius 3 is 2.26 bits per heavy atom. The van der Waals surface area contributed by atoms with Crippen molar-refractivity contribution in [1.82, 2.24) is 10.2 Å². The second kappa shape index (κ2) is 10.0. The molecule has 6 nitrogen and oxygen atoms in total. The van der Waals surface area contributed by atoms with Crippen LogP contribution in [0.15, 0.2) is 12.2 Å². The SMILES string of the molecule is CCC(C)(CCOC(C)(C)CCC(=O)NCCN1C(=O)C=CC1=O)C(C)C. The standard InChI is InChI=1S/C21H36N2O4/c1-7-21(6,16(2)3)12-15-27-20(4,5)11-10-17(24)22-13-14-23-18(25)8-9-19(23)26/h8-9,16H,7,10-15H2,1-6H3,(H,22,24). The monoisotopic (exact) mass is 380 g/mol. The average Bonchev–Trinajstić information content (AvgIpc) is 2.91. The number of amides is 3. The maximum atomic E-state index is 12.0. The number of imide groups is 1. The third-order valence-corrected chi connectivity index (χ3v) is 5.88. The first kappa shape index (κ1) is 23.3. The fourth-order valence-electron chi connectivity index (χ4n) is 2.97. The molecule has 0 spiro atoms. The van der Waals surface area contributed by atoms with E-state index >= 15 is 0 Å². The summed E-state index contributed by atoms with van der Waals surface area (Å²) in [6.07, 6.45) is 5.58. The van der Waals surface area contributed by atoms with Gasteiger partial charge >= 0.3 is 0 Å². The van der Waals surface area contributed by atoms with Crippen LogP contribution in [0.3, 0.4) is 0 Å². The van der Waals surface area contributed by atoms with E-state index in [2.05, 4.69) is 33.0 Å². The van der Waals surface area contributed by atoms with Gasteiger partial charge in [0.05, 0.1) is 5.60 Å². The molecule has 0 radical (unpaired) electrons. The Morgan fingerprint density at radius 1 is 1.15 bits per heavy atom. The van der Waals surface area contributed by atoms with Gasteiger partial charge in [0.25, 0.3) is 11.8 Å². The molecule has 27 heavy (non-hydrogen) atoms. The van der Waals surface area contributed by atoms with Crippen LogP contribution in [0, 0.1) is 11.3 Å². The predicted molar refractivity (Wildman–Crippen MR) is 106 cm³/mol. The van der Waals surface area contributed by atoms with Crippen molar-refractivity contribution in [3.05, 3.63) is 12.2 Å². The smallest absolute Gasteiger partial charge is 0.253 e. The Labute approximate surface area is 163 Å². The number of nitrogens with one attached hydrogen (secondary N) is 1. The average molecular weight is 381 g/mol. The molecular formula is C21H36N2O4. The topological polar surface area (TPSA) is 75.7 Å². The quantitative estimate of drug-likeness (QED) is 0.528. The van der Waals surface area contributed by atoms with Crippen LogP contribution in [0.1, 0.15) is 67.2 Å². The van der Waals surface area contributed by atoms with Gasteiger partial charge in [-0.1, -0.05) is 34.1 Å². The fraction of sp³-hybridized carbons (Fsp3) is 0.762. The molecule has 0 aromatic carbocycles. The van der Waals surface area contributed by atoms with E-state index in [0.29, 0.717) is 25.4 Å². The molecule has 0 aliphatic carbocycles. The first-order valence-corrected chi connectivity index (χ1v) is 9.95. The maximum absolute atomic E-state index is 12.0. The molecule has 1 heterocycles. The van der Waals surface area contributed by atoms with Crippen LogP contribution in [0.4, 0.5) is 0 Å². The zero-order chi connectivity index (χ0) is 20.7. The van der Waals surface area contributed by atoms with E-state index < -0.39 is 0 Å². The van der Waals surface area contributed by atoms with E-state index in [-0.39, 0.29) is 41.8 Å². The van der Waals surface area contributed by atoms with Gasteiger partial charge in [-0.25, -0.2) is 0 Å². The molecule has 0 fully saturated rings. The number of carbonyl (C=O) groups is 3. The highest BCUT2D eigenvalue weighted by atomic mass is 16.5. The number of nitrogens with zero attached hydrogens (tertiary/aromatic N) is 1. The van der Waals surface area contributed by atoms with Crippen molar-refractivity contribution >= 4 is 17.7 Å². The summed E-state index contributed by atoms with van der Waals surface area (Å²) in [6, 6.07) is 0. The van der Waals surface area contributed by atoms with Crippen LogP contribution >= 0.6 is 0 Å². The first-order valence-electron chi connectivity index (χ1n) is 9.95. The highest BCUT2D eigenvalue weighted by molar-refractivity contribution is 6.12. The van der Waals surface area contributed by atoms with E-state index in [4.69, 9.17) is 4.74 Å². The molecule has 1 aliphatic heterocycles. The molecule has 1 N–H and O–H groups in total. The van der Waals surface area contributed by atoms with E-state index in [1.807, 2.05) is 13.8 Å². The fourth-order valence-corrected chi connectivity index (χ4v) is 2.97. The van der Waals surface area contributed by atoms with Crippen molar-refractivity contribution in [2.24, 2.45) is 11.3 Å². The Bertz CT molecular complexity index is 551. The summed E-state index contributed by atoms with van der Waals surface area (Å²) in [4.78, 5) is 36.0. The number of hydrogen-bond acceptors (Lipinski definition) is 4. The van der Waals surface area contributed by atoms with Gasteiger partial charge in [-0.3, -0.25) is 19.3 Å². The lowest BCUT2D eigenvalue weighted by Crippen LogP contribution is -2.38. The van der Waals surface area contributed by atoms with Crippen molar-refractivity contribution in [2.45, 2.75) is 72.8 Å². The lowest BCUT2D eigenvalue weighted by Gasteiger charge is -2.34. The largest absolute Gasteiger partial charge is 0.376 e. The molecule has 1 unspecified atom stereocenters. The van der Waals surface area contributed by atoms with Gasteiger partial charge in [0.15, 0.2) is 0 Å². The van der Waals surface area contributed by atoms with Crippen LogP contribution < -0.4 is 5.32 Å². The van der Waals surface area contributed by atoms with Gasteiger partial charge in [-0.05, 0) is 38.0 Å². The van der Waals surface area contributed by atoms with Gasteiger partial charge in [0.1, 0.15) is 0 Å². The zero-order valence-electron chi connectivity index (χ0n) is 17.8. The number of ether oxygens (including phenoxy) is 1. The third kappa shape index (κ3) is 7.45. The minimum Gasteiger partial charge on any atom is -0.376 e. The van der Waals surface area contributed by atoms with Gasteiger partial charge in [0, 0.05) is 38.3 Å². The number of rotatable bonds is 12. The highest BCUT2D eigenvalue weighted by Crippen LogP contribution is 2.35. The summed E-state index contributed by atoms with van der Waals surface area (Å²) in [5, 5.41) is 2.76. The summed E-state index contributed by atoms with van der Waals surface area (Å²) in [5.41, 5.74) is -0.0967. The van der Waals surface area contributed by atoms with E-state index in [1.165, 1.54) is 12.2 Å². The molecule has 6 heteroatoms. The van der Waals surface area contributed by atoms with Crippen LogP contribution in [-0.4, -0.2) is 47.9 Å². The van der Waals surface area contributed by atoms with Crippen molar-refractivity contribution in [3.8, 4) is 0 Å². The molecule has 3 amide bonds. The first-order chi connectivity index (χ1) is 12.5. The number of hydrogen-bond donors (Lipinski definition) is 1. The van der Waals surface area contributed by atoms with Gasteiger partial charge < -0.3 is 10.1 Å². The normalized spacial score (nSPS) is 16.9. The van der Waals surface area contributed by atoms with Gasteiger partial charge in [0.2, 0.25) is 5.91 Å². The molecule has 1 aliphatic rings. The van der Waals surface area contributed by atoms with Crippen molar-refractivity contribution < 1.29 is 19.1 Å². The Hall–Kier alpha value is -1.69. The predicted octanol–water partition coefficient (Wildman–Crippen LogP) is 3.07. The third-order valence-electron chi connectivity index (χ3n) is 5.88. The molecular weight excluding hydrogens is 344 g/mol. The van der Waals surface area contributed by atoms with Crippen LogP contribution in [0.5, 0.6) is 0 Å². The van der Waals surface area contributed by atoms with Gasteiger partial charge in [-0.15, -0.1) is 0 Å². The summed E-state index contributed by atoms with van der Waals surface area (Å²) >= 11 is 0. The molecule has 0 aromatic rings. The van der Waals surface area contributed by atoms with Crippen LogP contribution in [0.25, 0.3) is 0 Å². The van der Waals surface area contributed by atoms with Crippen LogP contribution in [0.2, 0.25) is 0 Å². The van der Waals surface area contributed by atoms with E-state index in [1.54, 1.807) is 0 Å². The minimum atomic E-state index is -0.367. The van der Waals surface area contributed by atoms with Crippen molar-refractivity contribution in [2.75, 3.05) is 19.7 Å². The second-order valence-corrected chi connectivity index (χ2v) is 8.53. The molecule has 0 saturated heterocycles. The number of carbonyl (C=O) groups excluding carboxylic acids is 3. The lowest BCUT2D eigenvalue weighted by molar-refractivity contribution is -0.137. The Morgan fingerprint density at radius 2 is 1.74 bits per heavy atom. The summed E-state index contributed by atoms with van der Waals surface area (Å²) < 4.78 is 6.06.